The molecule has 0 unspecified atom stereocenters. The third-order valence-electron chi connectivity index (χ3n) is 3.23. The fourth-order valence-corrected chi connectivity index (χ4v) is 2.15. The summed E-state index contributed by atoms with van der Waals surface area (Å²) in [7, 11) is 0. The normalized spacial score (nSPS) is 10.8. The summed E-state index contributed by atoms with van der Waals surface area (Å²) in [6.07, 6.45) is 1.71. The summed E-state index contributed by atoms with van der Waals surface area (Å²) >= 11 is 0. The third kappa shape index (κ3) is 7.25. The predicted molar refractivity (Wildman–Crippen MR) is 109 cm³/mol. The van der Waals surface area contributed by atoms with E-state index in [0.29, 0.717) is 31.5 Å². The molecule has 2 rings (SSSR count). The molecule has 2 aromatic rings. The van der Waals surface area contributed by atoms with E-state index in [4.69, 9.17) is 4.74 Å². The summed E-state index contributed by atoms with van der Waals surface area (Å²) in [4.78, 5) is 8.71. The van der Waals surface area contributed by atoms with Crippen molar-refractivity contribution in [2.45, 2.75) is 26.9 Å². The zero-order valence-electron chi connectivity index (χ0n) is 14.5. The monoisotopic (exact) mass is 458 g/mol. The Balaban J connectivity index is 0.00000312. The van der Waals surface area contributed by atoms with Crippen molar-refractivity contribution in [3.63, 3.8) is 0 Å². The average molecular weight is 458 g/mol. The molecule has 5 nitrogen and oxygen atoms in total. The smallest absolute Gasteiger partial charge is 0.218 e. The van der Waals surface area contributed by atoms with Crippen molar-refractivity contribution >= 4 is 29.9 Å². The van der Waals surface area contributed by atoms with E-state index >= 15 is 0 Å². The van der Waals surface area contributed by atoms with Crippen LogP contribution in [0.4, 0.5) is 4.39 Å². The second kappa shape index (κ2) is 11.6. The Morgan fingerprint density at radius 1 is 1.20 bits per heavy atom. The molecule has 0 saturated heterocycles. The van der Waals surface area contributed by atoms with Gasteiger partial charge in [-0.05, 0) is 37.6 Å². The number of aliphatic imine (C=N–C) groups is 1. The van der Waals surface area contributed by atoms with Crippen LogP contribution in [-0.4, -0.2) is 24.1 Å². The Hall–Kier alpha value is -1.90. The molecule has 1 aromatic heterocycles. The van der Waals surface area contributed by atoms with Gasteiger partial charge in [0.25, 0.3) is 0 Å². The molecule has 136 valence electrons. The minimum atomic E-state index is -0.252. The molecule has 0 bridgehead atoms. The topological polar surface area (TPSA) is 58.5 Å². The second-order valence-corrected chi connectivity index (χ2v) is 5.08. The van der Waals surface area contributed by atoms with Gasteiger partial charge in [0.1, 0.15) is 5.82 Å². The van der Waals surface area contributed by atoms with E-state index in [9.17, 15) is 4.39 Å². The standard InChI is InChI=1S/C18H23FN4O.HI/c1-3-20-18(22-12-14-7-5-9-16(19)11-14)23-13-15-8-6-10-21-17(15)24-4-2;/h5-11H,3-4,12-13H2,1-2H3,(H2,20,22,23);1H. The highest BCUT2D eigenvalue weighted by molar-refractivity contribution is 14.0. The molecule has 0 fully saturated rings. The zero-order valence-corrected chi connectivity index (χ0v) is 16.8. The summed E-state index contributed by atoms with van der Waals surface area (Å²) in [5.74, 6) is 1.03. The van der Waals surface area contributed by atoms with Gasteiger partial charge in [-0.25, -0.2) is 14.4 Å². The molecule has 0 aliphatic rings. The first kappa shape index (κ1) is 21.1. The van der Waals surface area contributed by atoms with Gasteiger partial charge in [0.2, 0.25) is 5.88 Å². The first-order valence-electron chi connectivity index (χ1n) is 8.06. The van der Waals surface area contributed by atoms with Crippen LogP contribution >= 0.6 is 24.0 Å². The first-order chi connectivity index (χ1) is 11.7. The summed E-state index contributed by atoms with van der Waals surface area (Å²) in [6.45, 7) is 6.17. The lowest BCUT2D eigenvalue weighted by Crippen LogP contribution is -2.36. The fraction of sp³-hybridized carbons (Fsp3) is 0.333. The number of pyridine rings is 1. The van der Waals surface area contributed by atoms with Crippen molar-refractivity contribution in [3.05, 3.63) is 59.5 Å². The molecule has 1 heterocycles. The van der Waals surface area contributed by atoms with Crippen molar-refractivity contribution in [2.24, 2.45) is 4.99 Å². The van der Waals surface area contributed by atoms with E-state index < -0.39 is 0 Å². The Bertz CT molecular complexity index is 682. The van der Waals surface area contributed by atoms with Crippen molar-refractivity contribution in [3.8, 4) is 5.88 Å². The molecule has 0 saturated carbocycles. The van der Waals surface area contributed by atoms with E-state index in [-0.39, 0.29) is 29.8 Å². The molecule has 0 aliphatic heterocycles. The molecule has 0 aliphatic carbocycles. The maximum absolute atomic E-state index is 13.2. The Morgan fingerprint density at radius 2 is 2.04 bits per heavy atom. The lowest BCUT2D eigenvalue weighted by molar-refractivity contribution is 0.322. The first-order valence-corrected chi connectivity index (χ1v) is 8.06. The third-order valence-corrected chi connectivity index (χ3v) is 3.23. The number of ether oxygens (including phenoxy) is 1. The van der Waals surface area contributed by atoms with Crippen LogP contribution in [0, 0.1) is 5.82 Å². The van der Waals surface area contributed by atoms with E-state index in [1.165, 1.54) is 12.1 Å². The number of guanidine groups is 1. The highest BCUT2D eigenvalue weighted by Crippen LogP contribution is 2.13. The summed E-state index contributed by atoms with van der Waals surface area (Å²) in [6, 6.07) is 10.3. The maximum atomic E-state index is 13.2. The SMILES string of the molecule is CCNC(=NCc1cccc(F)c1)NCc1cccnc1OCC.I. The molecule has 1 aromatic carbocycles. The maximum Gasteiger partial charge on any atom is 0.218 e. The van der Waals surface area contributed by atoms with Crippen LogP contribution in [0.2, 0.25) is 0 Å². The van der Waals surface area contributed by atoms with E-state index in [0.717, 1.165) is 17.7 Å². The number of rotatable bonds is 7. The minimum absolute atomic E-state index is 0. The van der Waals surface area contributed by atoms with Crippen LogP contribution in [0.3, 0.4) is 0 Å². The highest BCUT2D eigenvalue weighted by atomic mass is 127. The molecule has 0 radical (unpaired) electrons. The summed E-state index contributed by atoms with van der Waals surface area (Å²) < 4.78 is 18.7. The van der Waals surface area contributed by atoms with Crippen molar-refractivity contribution in [1.29, 1.82) is 0 Å². The van der Waals surface area contributed by atoms with Gasteiger partial charge in [0, 0.05) is 24.8 Å². The molecular weight excluding hydrogens is 434 g/mol. The number of hydrogen-bond donors (Lipinski definition) is 2. The van der Waals surface area contributed by atoms with Gasteiger partial charge >= 0.3 is 0 Å². The van der Waals surface area contributed by atoms with Gasteiger partial charge in [0.15, 0.2) is 5.96 Å². The highest BCUT2D eigenvalue weighted by Gasteiger charge is 2.05. The van der Waals surface area contributed by atoms with E-state index in [1.807, 2.05) is 32.0 Å². The number of hydrogen-bond acceptors (Lipinski definition) is 3. The molecule has 25 heavy (non-hydrogen) atoms. The van der Waals surface area contributed by atoms with Crippen LogP contribution in [0.1, 0.15) is 25.0 Å². The summed E-state index contributed by atoms with van der Waals surface area (Å²) in [5.41, 5.74) is 1.78. The summed E-state index contributed by atoms with van der Waals surface area (Å²) in [5, 5.41) is 6.42. The molecule has 0 atom stereocenters. The fourth-order valence-electron chi connectivity index (χ4n) is 2.15. The van der Waals surface area contributed by atoms with Crippen molar-refractivity contribution < 1.29 is 9.13 Å². The minimum Gasteiger partial charge on any atom is -0.478 e. The van der Waals surface area contributed by atoms with Gasteiger partial charge in [-0.1, -0.05) is 18.2 Å². The lowest BCUT2D eigenvalue weighted by Gasteiger charge is -2.13. The molecule has 0 amide bonds. The van der Waals surface area contributed by atoms with Crippen LogP contribution < -0.4 is 15.4 Å². The second-order valence-electron chi connectivity index (χ2n) is 5.08. The largest absolute Gasteiger partial charge is 0.478 e. The van der Waals surface area contributed by atoms with Crippen molar-refractivity contribution in [2.75, 3.05) is 13.2 Å². The van der Waals surface area contributed by atoms with Crippen LogP contribution in [0.15, 0.2) is 47.6 Å². The quantitative estimate of drug-likeness (QED) is 0.379. The molecule has 7 heteroatoms. The number of nitrogens with one attached hydrogen (secondary N) is 2. The van der Waals surface area contributed by atoms with Gasteiger partial charge in [0.05, 0.1) is 13.2 Å². The average Bonchev–Trinajstić information content (AvgIpc) is 2.59. The predicted octanol–water partition coefficient (Wildman–Crippen LogP) is 3.49. The van der Waals surface area contributed by atoms with Gasteiger partial charge < -0.3 is 15.4 Å². The van der Waals surface area contributed by atoms with Crippen molar-refractivity contribution in [1.82, 2.24) is 15.6 Å². The Morgan fingerprint density at radius 3 is 2.76 bits per heavy atom. The van der Waals surface area contributed by atoms with Crippen LogP contribution in [0.25, 0.3) is 0 Å². The number of nitrogens with zero attached hydrogens (tertiary/aromatic N) is 2. The molecule has 2 N–H and O–H groups in total. The van der Waals surface area contributed by atoms with Gasteiger partial charge in [-0.2, -0.15) is 0 Å². The lowest BCUT2D eigenvalue weighted by atomic mass is 10.2. The van der Waals surface area contributed by atoms with Crippen LogP contribution in [-0.2, 0) is 13.1 Å². The molecular formula is C18H24FIN4O. The van der Waals surface area contributed by atoms with E-state index in [2.05, 4.69) is 20.6 Å². The Labute approximate surface area is 165 Å². The molecule has 0 spiro atoms. The number of benzene rings is 1. The van der Waals surface area contributed by atoms with Gasteiger partial charge in [-0.15, -0.1) is 24.0 Å². The van der Waals surface area contributed by atoms with Crippen LogP contribution in [0.5, 0.6) is 5.88 Å². The number of halogens is 2. The zero-order chi connectivity index (χ0) is 17.2. The number of aromatic nitrogens is 1. The Kier molecular flexibility index (Phi) is 9.83. The van der Waals surface area contributed by atoms with E-state index in [1.54, 1.807) is 12.3 Å². The van der Waals surface area contributed by atoms with Gasteiger partial charge in [-0.3, -0.25) is 0 Å².